The van der Waals surface area contributed by atoms with Crippen molar-refractivity contribution in [3.63, 3.8) is 0 Å². The summed E-state index contributed by atoms with van der Waals surface area (Å²) in [7, 11) is 21.2. The van der Waals surface area contributed by atoms with Crippen molar-refractivity contribution >= 4 is 78.1 Å². The molecule has 5 atom stereocenters. The number of aryl methyl sites for hydroxylation is 14. The molecule has 142 heavy (non-hydrogen) atoms. The van der Waals surface area contributed by atoms with Crippen molar-refractivity contribution in [1.29, 1.82) is 0 Å². The highest BCUT2D eigenvalue weighted by Gasteiger charge is 2.26. The van der Waals surface area contributed by atoms with Gasteiger partial charge in [0.2, 0.25) is 11.8 Å². The molecule has 0 saturated heterocycles. The van der Waals surface area contributed by atoms with Crippen LogP contribution in [0.4, 0.5) is 39.5 Å². The van der Waals surface area contributed by atoms with Gasteiger partial charge in [0.05, 0.1) is 75.1 Å². The van der Waals surface area contributed by atoms with E-state index in [0.29, 0.717) is 36.2 Å². The molecule has 14 rings (SSSR count). The lowest BCUT2D eigenvalue weighted by atomic mass is 10.1. The van der Waals surface area contributed by atoms with E-state index < -0.39 is 179 Å². The van der Waals surface area contributed by atoms with Crippen molar-refractivity contribution in [3.8, 4) is 0 Å². The summed E-state index contributed by atoms with van der Waals surface area (Å²) in [4.78, 5) is 200. The van der Waals surface area contributed by atoms with Gasteiger partial charge in [-0.05, 0) is 170 Å². The Morgan fingerprint density at radius 2 is 0.387 bits per heavy atom. The van der Waals surface area contributed by atoms with Crippen LogP contribution in [0.1, 0.15) is 208 Å². The fraction of sp³-hybridized carbons (Fsp3) is 0.615. The molecule has 782 valence electrons. The quantitative estimate of drug-likeness (QED) is 0.0351. The molecule has 51 heteroatoms. The molecule has 42 nitrogen and oxygen atoms in total. The first kappa shape index (κ1) is 88.6. The first-order valence-corrected chi connectivity index (χ1v) is 44.7. The van der Waals surface area contributed by atoms with Crippen LogP contribution in [0, 0.1) is 0 Å². The van der Waals surface area contributed by atoms with Crippen molar-refractivity contribution in [2.75, 3.05) is 0 Å². The van der Waals surface area contributed by atoms with E-state index in [1.807, 2.05) is 0 Å². The van der Waals surface area contributed by atoms with Crippen LogP contribution in [0.3, 0.4) is 0 Å². The number of rotatable bonds is 35. The molecule has 0 aliphatic carbocycles. The van der Waals surface area contributed by atoms with Crippen molar-refractivity contribution in [2.45, 2.75) is 271 Å². The zero-order chi connectivity index (χ0) is 122. The molecule has 14 aromatic rings. The third kappa shape index (κ3) is 27.6. The summed E-state index contributed by atoms with van der Waals surface area (Å²) >= 11 is 0. The molecule has 14 aromatic heterocycles. The zero-order valence-electron chi connectivity index (χ0n) is 101. The molecule has 0 radical (unpaired) electrons. The zero-order valence-corrected chi connectivity index (χ0v) is 82.6. The van der Waals surface area contributed by atoms with Crippen LogP contribution in [0.25, 0.3) is 78.1 Å². The summed E-state index contributed by atoms with van der Waals surface area (Å²) in [5.41, 5.74) is -5.32. The molecular weight excluding hydrogens is 1880 g/mol. The van der Waals surface area contributed by atoms with Crippen molar-refractivity contribution in [2.24, 2.45) is 98.7 Å². The second kappa shape index (κ2) is 49.7. The number of imidazole rings is 7. The van der Waals surface area contributed by atoms with Crippen LogP contribution in [0.15, 0.2) is 111 Å². The highest BCUT2D eigenvalue weighted by molar-refractivity contribution is 5.74. The number of nitrogens with zero attached hydrogens (tertiary/aromatic N) is 28. The second-order valence-corrected chi connectivity index (χ2v) is 33.4. The van der Waals surface area contributed by atoms with E-state index in [0.717, 1.165) is 71.2 Å². The van der Waals surface area contributed by atoms with Crippen molar-refractivity contribution in [3.05, 3.63) is 190 Å². The normalized spacial score (nSPS) is 15.3. The minimum Gasteiger partial charge on any atom is -0.328 e. The van der Waals surface area contributed by atoms with E-state index in [1.54, 1.807) is 21.1 Å². The Labute approximate surface area is 831 Å². The predicted molar refractivity (Wildman–Crippen MR) is 523 cm³/mol. The van der Waals surface area contributed by atoms with Gasteiger partial charge >= 0.3 is 39.8 Å². The molecule has 2 unspecified atom stereocenters. The lowest BCUT2D eigenvalue weighted by molar-refractivity contribution is 0.00943. The van der Waals surface area contributed by atoms with Gasteiger partial charge in [-0.25, -0.2) is 108 Å². The fourth-order valence-electron chi connectivity index (χ4n) is 14.7. The summed E-state index contributed by atoms with van der Waals surface area (Å²) in [5.74, 6) is -7.01. The highest BCUT2D eigenvalue weighted by Crippen LogP contribution is 2.22. The van der Waals surface area contributed by atoms with E-state index in [-0.39, 0.29) is 204 Å². The average molecular weight is 2030 g/mol. The Kier molecular flexibility index (Phi) is 31.0. The Balaban J connectivity index is 0.000000226. The summed E-state index contributed by atoms with van der Waals surface area (Å²) in [6, 6.07) is 0. The van der Waals surface area contributed by atoms with E-state index in [9.17, 15) is 107 Å². The molecule has 0 aliphatic heterocycles. The van der Waals surface area contributed by atoms with Gasteiger partial charge < -0.3 is 32.0 Å². The van der Waals surface area contributed by atoms with Crippen LogP contribution in [-0.2, 0) is 144 Å². The van der Waals surface area contributed by atoms with Crippen molar-refractivity contribution in [1.82, 2.24) is 131 Å². The molecular formula is C91H131F9N28O14. The number of hydrogen-bond acceptors (Lipinski definition) is 21. The van der Waals surface area contributed by atoms with Gasteiger partial charge in [-0.3, -0.25) is 97.5 Å². The molecule has 0 amide bonds. The summed E-state index contributed by atoms with van der Waals surface area (Å²) in [6.07, 6.45) is -20.5. The molecule has 0 spiro atoms. The monoisotopic (exact) mass is 2030 g/mol. The number of halogens is 9. The summed E-state index contributed by atoms with van der Waals surface area (Å²) in [5, 5.41) is 0. The molecule has 0 saturated carbocycles. The fourth-order valence-corrected chi connectivity index (χ4v) is 14.7. The Hall–Kier alpha value is -13.6. The molecule has 0 fully saturated rings. The maximum atomic E-state index is 13.2. The van der Waals surface area contributed by atoms with Crippen molar-refractivity contribution < 1.29 is 64.2 Å². The third-order valence-corrected chi connectivity index (χ3v) is 22.1. The van der Waals surface area contributed by atoms with Crippen LogP contribution >= 0.6 is 0 Å². The van der Waals surface area contributed by atoms with Gasteiger partial charge in [0.15, 0.2) is 78.1 Å². The largest absolute Gasteiger partial charge is 0.332 e. The number of hydrogen-bond donors (Lipinski definition) is 0. The van der Waals surface area contributed by atoms with Crippen LogP contribution in [-0.4, -0.2) is 174 Å². The van der Waals surface area contributed by atoms with Crippen LogP contribution in [0.2, 0.25) is 0 Å². The Morgan fingerprint density at radius 1 is 0.246 bits per heavy atom. The van der Waals surface area contributed by atoms with Gasteiger partial charge in [0.25, 0.3) is 38.9 Å². The Morgan fingerprint density at radius 3 is 0.535 bits per heavy atom. The summed E-state index contributed by atoms with van der Waals surface area (Å²) < 4.78 is 279. The van der Waals surface area contributed by atoms with E-state index in [1.165, 1.54) is 156 Å². The smallest absolute Gasteiger partial charge is 0.328 e. The maximum absolute atomic E-state index is 13.2. The van der Waals surface area contributed by atoms with Crippen LogP contribution in [0.5, 0.6) is 0 Å². The van der Waals surface area contributed by atoms with Gasteiger partial charge in [-0.1, -0.05) is 0 Å². The molecule has 0 bridgehead atoms. The van der Waals surface area contributed by atoms with Gasteiger partial charge in [0.1, 0.15) is 5.48 Å². The van der Waals surface area contributed by atoms with Gasteiger partial charge in [-0.2, -0.15) is 0 Å². The van der Waals surface area contributed by atoms with Gasteiger partial charge in [0, 0.05) is 176 Å². The second-order valence-electron chi connectivity index (χ2n) is 33.4. The molecule has 0 aliphatic rings. The van der Waals surface area contributed by atoms with Crippen LogP contribution < -0.4 is 78.7 Å². The number of fused-ring (bicyclic) bond motifs is 7. The molecule has 0 aromatic carbocycles. The summed E-state index contributed by atoms with van der Waals surface area (Å²) in [6.45, 7) is 6.43. The molecule has 0 N–H and O–H groups in total. The first-order valence-electron chi connectivity index (χ1n) is 53.7. The minimum absolute atomic E-state index is 0.0216. The predicted octanol–water partition coefficient (Wildman–Crippen LogP) is 7.33. The van der Waals surface area contributed by atoms with E-state index in [2.05, 4.69) is 34.9 Å². The minimum atomic E-state index is -3.52. The standard InChI is InChI=1S/2C13H18F2N4O2.5C13H19FN4O2/c2*1-13(14,15)6-4-5-7-19-11(20)9-10(16-8-17(9)2)18(3)12(19)21;5*1-9(14)6-4-5-7-18-12(19)10-11(15-8-16(10)2)17(3)13(18)20/h2*8H,4-7H2,1-3H3;5*8-9H,4-7H2,1-3H3/t;;3*9-;;/m..110../s1/i6D2,8D;6D2;6D2,8D;6D2;2*6D2,8D;6D2. The first-order chi connectivity index (χ1) is 73.4. The maximum Gasteiger partial charge on any atom is 0.332 e. The highest BCUT2D eigenvalue weighted by atomic mass is 19.3. The van der Waals surface area contributed by atoms with E-state index in [4.69, 9.17) is 24.7 Å². The topological polar surface area (TPSA) is 433 Å². The lowest BCUT2D eigenvalue weighted by Crippen LogP contribution is -2.39. The lowest BCUT2D eigenvalue weighted by Gasteiger charge is -2.11. The SMILES string of the molecule is [2H]C([2H])(CCCn1c(=O)c2c(ncn2C)n(C)c1=O)C(C)(F)F.[2H]C([2H])(CCCn1c(=O)c2c(ncn2C)n(C)c1=O)C(C)F.[2H]C([2H])(CCCn1c(=O)c2c(ncn2C)n(C)c1=O)[C@@H](C)F.[2H]c1nc2c(c(=O)n(CCCC([2H])([2H])C(C)(F)F)c(=O)n2C)n1C.[2H]c1nc2c(c(=O)n(CCCC([2H])([2H])C(C)F)c(=O)n2C)n1C.[2H]c1nc2c(c(=O)n(CCCC([2H])([2H])[C@@H](C)F)c(=O)n2C)n1C.[2H]c1nc2c(c(=O)n(CCCC([2H])([2H])[C@H](C)F)c(=O)n2C)n1C. The average Bonchev–Trinajstić information content (AvgIpc) is 1.60. The number of aromatic nitrogens is 28. The molecule has 14 heterocycles. The third-order valence-electron chi connectivity index (χ3n) is 22.1. The van der Waals surface area contributed by atoms with E-state index >= 15 is 0 Å². The number of alkyl halides is 9. The van der Waals surface area contributed by atoms with Gasteiger partial charge in [-0.15, -0.1) is 0 Å². The Bertz CT molecular complexity index is 8220.